The fourth-order valence-electron chi connectivity index (χ4n) is 4.21. The molecule has 1 aromatic heterocycles. The summed E-state index contributed by atoms with van der Waals surface area (Å²) in [5.74, 6) is -1.99. The van der Waals surface area contributed by atoms with Gasteiger partial charge in [-0.05, 0) is 36.5 Å². The lowest BCUT2D eigenvalue weighted by Crippen LogP contribution is -2.55. The fourth-order valence-corrected chi connectivity index (χ4v) is 4.21. The van der Waals surface area contributed by atoms with Crippen molar-refractivity contribution in [2.45, 2.75) is 52.3 Å². The smallest absolute Gasteiger partial charge is 0.408 e. The Kier molecular flexibility index (Phi) is 10.0. The van der Waals surface area contributed by atoms with Crippen LogP contribution in [-0.2, 0) is 43.9 Å². The van der Waals surface area contributed by atoms with Gasteiger partial charge in [0.2, 0.25) is 5.91 Å². The number of Topliss-reactive ketones (excluding diaryl/α,β-unsaturated/α-hetero) is 1. The first-order valence-corrected chi connectivity index (χ1v) is 12.7. The summed E-state index contributed by atoms with van der Waals surface area (Å²) in [6, 6.07) is 14.2. The van der Waals surface area contributed by atoms with Crippen molar-refractivity contribution in [1.82, 2.24) is 15.2 Å². The van der Waals surface area contributed by atoms with Crippen LogP contribution in [0.15, 0.2) is 60.8 Å². The number of carbonyl (C=O) groups is 4. The second-order valence-corrected chi connectivity index (χ2v) is 9.51. The van der Waals surface area contributed by atoms with Crippen molar-refractivity contribution in [3.8, 4) is 0 Å². The molecule has 0 radical (unpaired) electrons. The number of nitrogens with zero attached hydrogens (tertiary/aromatic N) is 1. The first-order chi connectivity index (χ1) is 18.2. The average molecular weight is 522 g/mol. The number of aryl methyl sites for hydroxylation is 1. The molecule has 9 heteroatoms. The van der Waals surface area contributed by atoms with Crippen LogP contribution in [0.5, 0.6) is 0 Å². The van der Waals surface area contributed by atoms with Crippen molar-refractivity contribution < 1.29 is 28.7 Å². The molecular formula is C29H35N3O6. The molecule has 2 N–H and O–H groups in total. The van der Waals surface area contributed by atoms with Crippen LogP contribution in [0.1, 0.15) is 38.3 Å². The summed E-state index contributed by atoms with van der Waals surface area (Å²) in [5.41, 5.74) is 2.48. The van der Waals surface area contributed by atoms with Crippen LogP contribution < -0.4 is 10.6 Å². The summed E-state index contributed by atoms with van der Waals surface area (Å²) in [6.45, 7) is 5.50. The fraction of sp³-hybridized carbons (Fsp3) is 0.379. The van der Waals surface area contributed by atoms with Crippen LogP contribution in [-0.4, -0.2) is 47.0 Å². The predicted octanol–water partition coefficient (Wildman–Crippen LogP) is 3.68. The third kappa shape index (κ3) is 7.68. The van der Waals surface area contributed by atoms with Gasteiger partial charge in [0.15, 0.2) is 11.8 Å². The van der Waals surface area contributed by atoms with E-state index in [4.69, 9.17) is 9.47 Å². The molecule has 3 rings (SSSR count). The van der Waals surface area contributed by atoms with Crippen LogP contribution in [0.3, 0.4) is 0 Å². The number of ether oxygens (including phenoxy) is 2. The number of carbonyl (C=O) groups excluding carboxylic acids is 4. The van der Waals surface area contributed by atoms with Crippen molar-refractivity contribution in [2.75, 3.05) is 6.61 Å². The highest BCUT2D eigenvalue weighted by Crippen LogP contribution is 2.21. The second kappa shape index (κ2) is 13.4. The lowest BCUT2D eigenvalue weighted by molar-refractivity contribution is -0.150. The Morgan fingerprint density at radius 3 is 2.29 bits per heavy atom. The number of alkyl carbamates (subject to hydrolysis) is 1. The Morgan fingerprint density at radius 2 is 1.61 bits per heavy atom. The summed E-state index contributed by atoms with van der Waals surface area (Å²) in [4.78, 5) is 51.7. The van der Waals surface area contributed by atoms with Gasteiger partial charge in [-0.15, -0.1) is 0 Å². The molecule has 2 aromatic carbocycles. The molecule has 0 saturated heterocycles. The quantitative estimate of drug-likeness (QED) is 0.278. The standard InChI is InChI=1S/C29H35N3O6/c1-5-37-28(35)26(25(33)16-21-17-32(4)24-14-10-9-13-22(21)24)31-27(34)23(15-19(2)3)30-29(36)38-18-20-11-7-6-8-12-20/h6-14,17,19,23,26H,5,15-16,18H2,1-4H3,(H,30,36)(H,31,34)/t23-,26?/m0/s1. The van der Waals surface area contributed by atoms with Gasteiger partial charge in [0.1, 0.15) is 12.6 Å². The topological polar surface area (TPSA) is 116 Å². The molecule has 0 aliphatic rings. The van der Waals surface area contributed by atoms with Gasteiger partial charge < -0.3 is 24.7 Å². The molecule has 202 valence electrons. The number of esters is 1. The van der Waals surface area contributed by atoms with Crippen molar-refractivity contribution in [1.29, 1.82) is 0 Å². The summed E-state index contributed by atoms with van der Waals surface area (Å²) >= 11 is 0. The van der Waals surface area contributed by atoms with Crippen molar-refractivity contribution in [3.63, 3.8) is 0 Å². The number of nitrogens with one attached hydrogen (secondary N) is 2. The number of amides is 2. The predicted molar refractivity (Wildman–Crippen MR) is 143 cm³/mol. The minimum atomic E-state index is -1.52. The number of hydrogen-bond donors (Lipinski definition) is 2. The first kappa shape index (κ1) is 28.4. The van der Waals surface area contributed by atoms with E-state index in [2.05, 4.69) is 10.6 Å². The lowest BCUT2D eigenvalue weighted by Gasteiger charge is -2.23. The molecule has 1 unspecified atom stereocenters. The maximum Gasteiger partial charge on any atom is 0.408 e. The van der Waals surface area contributed by atoms with Crippen LogP contribution in [0.2, 0.25) is 0 Å². The van der Waals surface area contributed by atoms with Crippen LogP contribution in [0.25, 0.3) is 10.9 Å². The molecule has 0 fully saturated rings. The Hall–Kier alpha value is -4.14. The summed E-state index contributed by atoms with van der Waals surface area (Å²) in [5, 5.41) is 5.98. The Balaban J connectivity index is 1.73. The highest BCUT2D eigenvalue weighted by atomic mass is 16.5. The van der Waals surface area contributed by atoms with Crippen LogP contribution in [0, 0.1) is 5.92 Å². The number of aromatic nitrogens is 1. The van der Waals surface area contributed by atoms with Gasteiger partial charge in [-0.2, -0.15) is 0 Å². The van der Waals surface area contributed by atoms with E-state index in [1.807, 2.05) is 86.3 Å². The van der Waals surface area contributed by atoms with Gasteiger partial charge in [-0.1, -0.05) is 62.4 Å². The number of fused-ring (bicyclic) bond motifs is 1. The van der Waals surface area contributed by atoms with E-state index in [0.717, 1.165) is 22.0 Å². The van der Waals surface area contributed by atoms with Crippen LogP contribution >= 0.6 is 0 Å². The zero-order valence-electron chi connectivity index (χ0n) is 22.2. The molecule has 0 spiro atoms. The number of benzene rings is 2. The monoisotopic (exact) mass is 521 g/mol. The Labute approximate surface area is 222 Å². The number of rotatable bonds is 12. The van der Waals surface area contributed by atoms with E-state index < -0.39 is 35.8 Å². The maximum atomic E-state index is 13.3. The van der Waals surface area contributed by atoms with Crippen LogP contribution in [0.4, 0.5) is 4.79 Å². The zero-order valence-corrected chi connectivity index (χ0v) is 22.2. The number of hydrogen-bond acceptors (Lipinski definition) is 6. The second-order valence-electron chi connectivity index (χ2n) is 9.51. The van der Waals surface area contributed by atoms with E-state index in [1.54, 1.807) is 6.92 Å². The minimum Gasteiger partial charge on any atom is -0.464 e. The molecule has 3 aromatic rings. The Bertz CT molecular complexity index is 1270. The van der Waals surface area contributed by atoms with E-state index >= 15 is 0 Å². The normalized spacial score (nSPS) is 12.6. The number of para-hydroxylation sites is 1. The minimum absolute atomic E-state index is 0.0348. The Morgan fingerprint density at radius 1 is 0.921 bits per heavy atom. The lowest BCUT2D eigenvalue weighted by atomic mass is 10.0. The third-order valence-corrected chi connectivity index (χ3v) is 6.00. The van der Waals surface area contributed by atoms with Gasteiger partial charge in [0, 0.05) is 30.6 Å². The van der Waals surface area contributed by atoms with Gasteiger partial charge in [-0.25, -0.2) is 9.59 Å². The van der Waals surface area contributed by atoms with Gasteiger partial charge in [0.25, 0.3) is 0 Å². The third-order valence-electron chi connectivity index (χ3n) is 6.00. The highest BCUT2D eigenvalue weighted by molar-refractivity contribution is 6.08. The summed E-state index contributed by atoms with van der Waals surface area (Å²) in [6.07, 6.45) is 1.26. The maximum absolute atomic E-state index is 13.3. The largest absolute Gasteiger partial charge is 0.464 e. The highest BCUT2D eigenvalue weighted by Gasteiger charge is 2.33. The molecule has 0 bridgehead atoms. The molecule has 2 atom stereocenters. The molecule has 0 saturated carbocycles. The molecule has 1 heterocycles. The van der Waals surface area contributed by atoms with Gasteiger partial charge in [-0.3, -0.25) is 9.59 Å². The molecular weight excluding hydrogens is 486 g/mol. The van der Waals surface area contributed by atoms with Crippen molar-refractivity contribution >= 4 is 34.7 Å². The van der Waals surface area contributed by atoms with Gasteiger partial charge in [0.05, 0.1) is 6.61 Å². The molecule has 2 amide bonds. The zero-order chi connectivity index (χ0) is 27.7. The van der Waals surface area contributed by atoms with E-state index in [0.29, 0.717) is 0 Å². The van der Waals surface area contributed by atoms with E-state index in [1.165, 1.54) is 0 Å². The van der Waals surface area contributed by atoms with E-state index in [-0.39, 0.29) is 32.0 Å². The molecule has 9 nitrogen and oxygen atoms in total. The molecule has 0 aliphatic heterocycles. The van der Waals surface area contributed by atoms with Crippen molar-refractivity contribution in [2.24, 2.45) is 13.0 Å². The molecule has 0 aliphatic carbocycles. The van der Waals surface area contributed by atoms with E-state index in [9.17, 15) is 19.2 Å². The summed E-state index contributed by atoms with van der Waals surface area (Å²) in [7, 11) is 1.87. The average Bonchev–Trinajstić information content (AvgIpc) is 3.20. The molecule has 38 heavy (non-hydrogen) atoms. The van der Waals surface area contributed by atoms with Gasteiger partial charge >= 0.3 is 12.1 Å². The first-order valence-electron chi connectivity index (χ1n) is 12.7. The number of ketones is 1. The SMILES string of the molecule is CCOC(=O)C(NC(=O)[C@H](CC(C)C)NC(=O)OCc1ccccc1)C(=O)Cc1cn(C)c2ccccc12. The van der Waals surface area contributed by atoms with Crippen molar-refractivity contribution in [3.05, 3.63) is 71.9 Å². The summed E-state index contributed by atoms with van der Waals surface area (Å²) < 4.78 is 12.3.